The van der Waals surface area contributed by atoms with Gasteiger partial charge in [-0.2, -0.15) is 0 Å². The van der Waals surface area contributed by atoms with E-state index < -0.39 is 37.8 Å². The van der Waals surface area contributed by atoms with Crippen molar-refractivity contribution in [1.29, 1.82) is 0 Å². The lowest BCUT2D eigenvalue weighted by Gasteiger charge is -2.26. The lowest BCUT2D eigenvalue weighted by Crippen LogP contribution is -2.42. The molecule has 0 saturated heterocycles. The van der Waals surface area contributed by atoms with Gasteiger partial charge in [-0.3, -0.25) is 4.74 Å². The molecule has 0 heterocycles. The van der Waals surface area contributed by atoms with E-state index in [9.17, 15) is 14.5 Å². The van der Waals surface area contributed by atoms with Gasteiger partial charge in [0.15, 0.2) is 6.29 Å². The maximum atomic E-state index is 12.2. The van der Waals surface area contributed by atoms with E-state index in [-0.39, 0.29) is 0 Å². The predicted octanol–water partition coefficient (Wildman–Crippen LogP) is 9.70. The van der Waals surface area contributed by atoms with E-state index in [1.807, 2.05) is 6.92 Å². The molecule has 0 amide bonds. The van der Waals surface area contributed by atoms with Crippen LogP contribution in [-0.4, -0.2) is 34.4 Å². The molecule has 0 spiro atoms. The third-order valence-electron chi connectivity index (χ3n) is 7.17. The zero-order valence-electron chi connectivity index (χ0n) is 25.9. The van der Waals surface area contributed by atoms with Crippen LogP contribution in [0.25, 0.3) is 0 Å². The minimum atomic E-state index is -2.54. The Morgan fingerprint density at radius 3 is 1.62 bits per heavy atom. The summed E-state index contributed by atoms with van der Waals surface area (Å²) in [4.78, 5) is 12.2. The first-order valence-electron chi connectivity index (χ1n) is 16.1. The van der Waals surface area contributed by atoms with E-state index in [0.717, 1.165) is 19.3 Å². The maximum absolute atomic E-state index is 12.2. The summed E-state index contributed by atoms with van der Waals surface area (Å²) in [6.07, 6.45) is 23.1. The van der Waals surface area contributed by atoms with Crippen molar-refractivity contribution in [2.75, 3.05) is 0 Å². The number of ether oxygens (including phenoxy) is 3. The van der Waals surface area contributed by atoms with E-state index >= 15 is 0 Å². The molecule has 0 aliphatic heterocycles. The molecule has 8 heteroatoms. The van der Waals surface area contributed by atoms with Gasteiger partial charge < -0.3 is 14.6 Å². The highest BCUT2D eigenvalue weighted by molar-refractivity contribution is 7.80. The van der Waals surface area contributed by atoms with Crippen LogP contribution in [0.3, 0.4) is 0 Å². The van der Waals surface area contributed by atoms with Crippen molar-refractivity contribution in [3.05, 3.63) is 0 Å². The van der Waals surface area contributed by atoms with Gasteiger partial charge in [-0.05, 0) is 32.6 Å². The fourth-order valence-corrected chi connectivity index (χ4v) is 5.59. The maximum Gasteiger partial charge on any atom is 0.472 e. The zero-order valence-corrected chi connectivity index (χ0v) is 27.8. The number of carbonyl (C=O) groups excluding carboxylic acids is 1. The van der Waals surface area contributed by atoms with Crippen molar-refractivity contribution in [3.63, 3.8) is 0 Å². The van der Waals surface area contributed by atoms with Crippen LogP contribution in [-0.2, 0) is 23.6 Å². The number of hydrogen-bond donors (Lipinski definition) is 2. The number of unbranched alkanes of at least 4 members (excludes halogenated alkanes) is 14. The van der Waals surface area contributed by atoms with E-state index in [2.05, 4.69) is 26.5 Å². The topological polar surface area (TPSA) is 82.1 Å². The van der Waals surface area contributed by atoms with Gasteiger partial charge in [0.05, 0.1) is 6.10 Å². The molecule has 39 heavy (non-hydrogen) atoms. The largest absolute Gasteiger partial charge is 0.472 e. The van der Waals surface area contributed by atoms with Crippen LogP contribution in [0.4, 0.5) is 0 Å². The number of hydrogen-bond acceptors (Lipinski definition) is 7. The minimum absolute atomic E-state index is 0.374. The molecule has 0 aromatic carbocycles. The van der Waals surface area contributed by atoms with Crippen LogP contribution >= 0.6 is 21.1 Å². The summed E-state index contributed by atoms with van der Waals surface area (Å²) >= 11 is 4.68. The predicted molar refractivity (Wildman–Crippen MR) is 167 cm³/mol. The Balaban J connectivity index is 4.65. The molecule has 0 radical (unpaired) electrons. The first-order chi connectivity index (χ1) is 18.7. The number of aliphatic hydroxyl groups is 1. The molecule has 232 valence electrons. The average Bonchev–Trinajstić information content (AvgIpc) is 2.90. The summed E-state index contributed by atoms with van der Waals surface area (Å²) in [6.45, 7) is 9.64. The second-order valence-electron chi connectivity index (χ2n) is 11.4. The first kappa shape index (κ1) is 38.8. The molecular formula is C31H62O6PS+. The van der Waals surface area contributed by atoms with Crippen LogP contribution < -0.4 is 0 Å². The molecule has 5 atom stereocenters. The highest BCUT2D eigenvalue weighted by atomic mass is 32.1. The summed E-state index contributed by atoms with van der Waals surface area (Å²) in [5.41, 5.74) is -2.93. The molecular weight excluding hydrogens is 531 g/mol. The van der Waals surface area contributed by atoms with Gasteiger partial charge in [0.2, 0.25) is 0 Å². The summed E-state index contributed by atoms with van der Waals surface area (Å²) in [5.74, 6) is -0.554. The van der Waals surface area contributed by atoms with Gasteiger partial charge in [0.1, 0.15) is 5.44 Å². The number of esters is 1. The standard InChI is InChI=1S/C31H61O6PS/c1-6-9-11-13-14-15-16-17-18-20-22-24-27(23-21-19-12-10-7-2)25-29(39)36-28(8-3)37-31(33,38-34)30(32)35-26(4)5/h26-29,33,39H,6-25H2,1-5H3/p+1. The van der Waals surface area contributed by atoms with Crippen LogP contribution in [0.15, 0.2) is 0 Å². The Kier molecular flexibility index (Phi) is 25.4. The van der Waals surface area contributed by atoms with Gasteiger partial charge in [0.25, 0.3) is 0 Å². The summed E-state index contributed by atoms with van der Waals surface area (Å²) in [6, 6.07) is 0. The number of rotatable bonds is 28. The zero-order chi connectivity index (χ0) is 29.4. The Hall–Kier alpha value is -0.200. The minimum Gasteiger partial charge on any atom is -0.455 e. The quantitative estimate of drug-likeness (QED) is 0.0309. The van der Waals surface area contributed by atoms with Gasteiger partial charge >= 0.3 is 20.0 Å². The van der Waals surface area contributed by atoms with E-state index in [1.165, 1.54) is 103 Å². The Morgan fingerprint density at radius 1 is 0.795 bits per heavy atom. The molecule has 0 aromatic heterocycles. The summed E-state index contributed by atoms with van der Waals surface area (Å²) in [5, 5.41) is 10.5. The molecule has 0 fully saturated rings. The van der Waals surface area contributed by atoms with Gasteiger partial charge in [0, 0.05) is 0 Å². The van der Waals surface area contributed by atoms with Gasteiger partial charge in [-0.25, -0.2) is 4.79 Å². The Bertz CT molecular complexity index is 593. The molecule has 0 bridgehead atoms. The van der Waals surface area contributed by atoms with Crippen molar-refractivity contribution in [2.45, 2.75) is 186 Å². The normalized spacial score (nSPS) is 15.8. The van der Waals surface area contributed by atoms with Crippen molar-refractivity contribution < 1.29 is 28.7 Å². The third kappa shape index (κ3) is 21.2. The smallest absolute Gasteiger partial charge is 0.455 e. The lowest BCUT2D eigenvalue weighted by molar-refractivity contribution is -0.260. The average molecular weight is 594 g/mol. The van der Waals surface area contributed by atoms with Crippen molar-refractivity contribution in [2.24, 2.45) is 5.92 Å². The van der Waals surface area contributed by atoms with Crippen molar-refractivity contribution >= 4 is 27.1 Å². The molecule has 0 aromatic rings. The summed E-state index contributed by atoms with van der Waals surface area (Å²) < 4.78 is 28.1. The lowest BCUT2D eigenvalue weighted by atomic mass is 9.91. The monoisotopic (exact) mass is 593 g/mol. The van der Waals surface area contributed by atoms with Gasteiger partial charge in [-0.1, -0.05) is 141 Å². The SMILES string of the molecule is CCCCCCCCCCCCCC(CCCCCCC)CC(S)OC(CC)OC(O)([PH+]=O)C(=O)OC(C)C. The fourth-order valence-electron chi connectivity index (χ4n) is 4.84. The third-order valence-corrected chi connectivity index (χ3v) is 8.10. The highest BCUT2D eigenvalue weighted by Gasteiger charge is 2.52. The first-order valence-corrected chi connectivity index (χ1v) is 17.5. The summed E-state index contributed by atoms with van der Waals surface area (Å²) in [7, 11) is -1.43. The molecule has 0 saturated carbocycles. The van der Waals surface area contributed by atoms with Crippen molar-refractivity contribution in [1.82, 2.24) is 0 Å². The molecule has 5 unspecified atom stereocenters. The molecule has 0 aliphatic carbocycles. The molecule has 0 aliphatic rings. The van der Waals surface area contributed by atoms with Crippen molar-refractivity contribution in [3.8, 4) is 0 Å². The molecule has 6 nitrogen and oxygen atoms in total. The molecule has 1 N–H and O–H groups in total. The second-order valence-corrected chi connectivity index (χ2v) is 12.8. The van der Waals surface area contributed by atoms with Crippen LogP contribution in [0.2, 0.25) is 0 Å². The van der Waals surface area contributed by atoms with Gasteiger partial charge in [-0.15, -0.1) is 12.6 Å². The van der Waals surface area contributed by atoms with E-state index in [0.29, 0.717) is 12.3 Å². The number of carbonyl (C=O) groups is 1. The van der Waals surface area contributed by atoms with Crippen LogP contribution in [0, 0.1) is 5.92 Å². The highest BCUT2D eigenvalue weighted by Crippen LogP contribution is 2.30. The fraction of sp³-hybridized carbons (Fsp3) is 0.968. The number of thiol groups is 1. The van der Waals surface area contributed by atoms with Crippen LogP contribution in [0.5, 0.6) is 0 Å². The second kappa shape index (κ2) is 25.5. The molecule has 0 rings (SSSR count). The van der Waals surface area contributed by atoms with Crippen LogP contribution in [0.1, 0.15) is 163 Å². The Morgan fingerprint density at radius 2 is 1.23 bits per heavy atom. The van der Waals surface area contributed by atoms with E-state index in [1.54, 1.807) is 13.8 Å². The van der Waals surface area contributed by atoms with E-state index in [4.69, 9.17) is 14.2 Å². The Labute approximate surface area is 247 Å².